The predicted octanol–water partition coefficient (Wildman–Crippen LogP) is 5.50. The van der Waals surface area contributed by atoms with Gasteiger partial charge in [-0.15, -0.1) is 0 Å². The summed E-state index contributed by atoms with van der Waals surface area (Å²) in [5.74, 6) is 0. The molecule has 0 bridgehead atoms. The van der Waals surface area contributed by atoms with Gasteiger partial charge in [-0.2, -0.15) is 0 Å². The summed E-state index contributed by atoms with van der Waals surface area (Å²) >= 11 is 0. The second kappa shape index (κ2) is 6.37. The Morgan fingerprint density at radius 2 is 1.61 bits per heavy atom. The zero-order chi connectivity index (χ0) is 15.5. The van der Waals surface area contributed by atoms with Gasteiger partial charge in [-0.25, -0.2) is 0 Å². The van der Waals surface area contributed by atoms with Crippen LogP contribution in [0.3, 0.4) is 0 Å². The first-order valence-corrected chi connectivity index (χ1v) is 8.51. The molecule has 0 saturated carbocycles. The Balaban J connectivity index is 0.000000233. The van der Waals surface area contributed by atoms with Crippen molar-refractivity contribution in [3.63, 3.8) is 0 Å². The molecule has 23 heavy (non-hydrogen) atoms. The molecule has 1 nitrogen and oxygen atoms in total. The molecule has 0 N–H and O–H groups in total. The largest absolute Gasteiger partial charge is 0.289 e. The SMILES string of the molecule is C1=CCN=C1.c1ccc2c(c1)ccc1c3c(ccc12)CCCC3. The lowest BCUT2D eigenvalue weighted by atomic mass is 9.86. The van der Waals surface area contributed by atoms with Crippen LogP contribution in [0.5, 0.6) is 0 Å². The van der Waals surface area contributed by atoms with Crippen LogP contribution in [0.4, 0.5) is 0 Å². The Morgan fingerprint density at radius 3 is 2.43 bits per heavy atom. The molecule has 0 unspecified atom stereocenters. The van der Waals surface area contributed by atoms with Crippen LogP contribution in [0.2, 0.25) is 0 Å². The molecule has 0 atom stereocenters. The van der Waals surface area contributed by atoms with Crippen molar-refractivity contribution in [2.75, 3.05) is 6.54 Å². The van der Waals surface area contributed by atoms with Gasteiger partial charge in [-0.05, 0) is 64.4 Å². The molecule has 1 aliphatic carbocycles. The number of nitrogens with zero attached hydrogens (tertiary/aromatic N) is 1. The first-order chi connectivity index (χ1) is 11.4. The number of hydrogen-bond acceptors (Lipinski definition) is 1. The van der Waals surface area contributed by atoms with E-state index in [1.165, 1.54) is 47.2 Å². The first-order valence-electron chi connectivity index (χ1n) is 8.51. The maximum Gasteiger partial charge on any atom is 0.0573 e. The van der Waals surface area contributed by atoms with E-state index in [2.05, 4.69) is 53.5 Å². The molecule has 0 aromatic heterocycles. The Hall–Kier alpha value is -2.41. The second-order valence-electron chi connectivity index (χ2n) is 6.23. The van der Waals surface area contributed by atoms with Crippen molar-refractivity contribution in [3.8, 4) is 0 Å². The molecule has 0 fully saturated rings. The zero-order valence-corrected chi connectivity index (χ0v) is 13.3. The smallest absolute Gasteiger partial charge is 0.0573 e. The van der Waals surface area contributed by atoms with Crippen molar-refractivity contribution >= 4 is 27.8 Å². The van der Waals surface area contributed by atoms with Crippen LogP contribution < -0.4 is 0 Å². The lowest BCUT2D eigenvalue weighted by Gasteiger charge is -2.18. The van der Waals surface area contributed by atoms with Gasteiger partial charge in [0.15, 0.2) is 0 Å². The van der Waals surface area contributed by atoms with E-state index in [9.17, 15) is 0 Å². The molecule has 5 rings (SSSR count). The van der Waals surface area contributed by atoms with Gasteiger partial charge in [-0.3, -0.25) is 4.99 Å². The molecule has 0 radical (unpaired) electrons. The molecule has 1 heteroatoms. The summed E-state index contributed by atoms with van der Waals surface area (Å²) in [6, 6.07) is 18.0. The first kappa shape index (κ1) is 14.2. The van der Waals surface area contributed by atoms with Gasteiger partial charge in [-0.1, -0.05) is 54.6 Å². The summed E-state index contributed by atoms with van der Waals surface area (Å²) in [7, 11) is 0. The molecule has 3 aromatic carbocycles. The molecular formula is C22H21N. The average Bonchev–Trinajstić information content (AvgIpc) is 3.21. The van der Waals surface area contributed by atoms with Crippen LogP contribution >= 0.6 is 0 Å². The summed E-state index contributed by atoms with van der Waals surface area (Å²) in [6.45, 7) is 0.889. The lowest BCUT2D eigenvalue weighted by molar-refractivity contribution is 0.690. The van der Waals surface area contributed by atoms with Gasteiger partial charge < -0.3 is 0 Å². The minimum atomic E-state index is 0.889. The summed E-state index contributed by atoms with van der Waals surface area (Å²) in [5.41, 5.74) is 3.17. The van der Waals surface area contributed by atoms with E-state index in [1.807, 2.05) is 12.2 Å². The fraction of sp³-hybridized carbons (Fsp3) is 0.227. The number of fused-ring (bicyclic) bond motifs is 5. The van der Waals surface area contributed by atoms with Gasteiger partial charge in [0.25, 0.3) is 0 Å². The highest BCUT2D eigenvalue weighted by molar-refractivity contribution is 6.08. The summed E-state index contributed by atoms with van der Waals surface area (Å²) < 4.78 is 0. The van der Waals surface area contributed by atoms with E-state index in [1.54, 1.807) is 17.3 Å². The molecule has 1 heterocycles. The van der Waals surface area contributed by atoms with Crippen LogP contribution in [0.25, 0.3) is 21.5 Å². The summed E-state index contributed by atoms with van der Waals surface area (Å²) in [4.78, 5) is 3.85. The molecule has 0 spiro atoms. The molecule has 2 aliphatic rings. The van der Waals surface area contributed by atoms with Gasteiger partial charge in [0.1, 0.15) is 0 Å². The topological polar surface area (TPSA) is 12.4 Å². The molecular weight excluding hydrogens is 278 g/mol. The summed E-state index contributed by atoms with van der Waals surface area (Å²) in [5, 5.41) is 5.64. The fourth-order valence-corrected chi connectivity index (χ4v) is 3.65. The van der Waals surface area contributed by atoms with Crippen molar-refractivity contribution in [2.45, 2.75) is 25.7 Å². The fourth-order valence-electron chi connectivity index (χ4n) is 3.65. The Labute approximate surface area is 137 Å². The van der Waals surface area contributed by atoms with E-state index in [4.69, 9.17) is 0 Å². The third kappa shape index (κ3) is 2.79. The molecule has 3 aromatic rings. The van der Waals surface area contributed by atoms with E-state index in [0.29, 0.717) is 0 Å². The van der Waals surface area contributed by atoms with E-state index in [0.717, 1.165) is 6.54 Å². The number of benzene rings is 3. The highest BCUT2D eigenvalue weighted by atomic mass is 14.7. The van der Waals surface area contributed by atoms with Crippen molar-refractivity contribution in [2.24, 2.45) is 4.99 Å². The average molecular weight is 299 g/mol. The molecule has 0 amide bonds. The number of hydrogen-bond donors (Lipinski definition) is 0. The van der Waals surface area contributed by atoms with Crippen molar-refractivity contribution in [3.05, 3.63) is 71.8 Å². The Bertz CT molecular complexity index is 892. The monoisotopic (exact) mass is 299 g/mol. The van der Waals surface area contributed by atoms with Crippen molar-refractivity contribution < 1.29 is 0 Å². The van der Waals surface area contributed by atoms with Crippen LogP contribution in [-0.2, 0) is 12.8 Å². The van der Waals surface area contributed by atoms with E-state index in [-0.39, 0.29) is 0 Å². The standard InChI is InChI=1S/C18H16.C4H5N/c1-3-7-15-13(5-1)9-11-18-16-8-4-2-6-14(16)10-12-17(15)18;1-2-4-5-3-1/h1,3,5,7,9-12H,2,4,6,8H2;1-3H,4H2. The third-order valence-corrected chi connectivity index (χ3v) is 4.80. The lowest BCUT2D eigenvalue weighted by Crippen LogP contribution is -2.02. The second-order valence-corrected chi connectivity index (χ2v) is 6.23. The Morgan fingerprint density at radius 1 is 0.739 bits per heavy atom. The number of allylic oxidation sites excluding steroid dienone is 1. The van der Waals surface area contributed by atoms with Crippen LogP contribution in [-0.4, -0.2) is 12.8 Å². The van der Waals surface area contributed by atoms with Crippen LogP contribution in [0, 0.1) is 0 Å². The minimum Gasteiger partial charge on any atom is -0.289 e. The molecule has 1 aliphatic heterocycles. The van der Waals surface area contributed by atoms with Crippen molar-refractivity contribution in [1.82, 2.24) is 0 Å². The molecule has 114 valence electrons. The highest BCUT2D eigenvalue weighted by Gasteiger charge is 2.13. The van der Waals surface area contributed by atoms with Crippen LogP contribution in [0.15, 0.2) is 65.7 Å². The Kier molecular flexibility index (Phi) is 3.94. The van der Waals surface area contributed by atoms with E-state index < -0.39 is 0 Å². The van der Waals surface area contributed by atoms with Gasteiger partial charge in [0.05, 0.1) is 6.54 Å². The number of rotatable bonds is 0. The zero-order valence-electron chi connectivity index (χ0n) is 13.3. The predicted molar refractivity (Wildman–Crippen MR) is 101 cm³/mol. The van der Waals surface area contributed by atoms with Gasteiger partial charge in [0.2, 0.25) is 0 Å². The number of aliphatic imine (C=N–C) groups is 1. The highest BCUT2D eigenvalue weighted by Crippen LogP contribution is 2.33. The van der Waals surface area contributed by atoms with Crippen molar-refractivity contribution in [1.29, 1.82) is 0 Å². The maximum absolute atomic E-state index is 3.85. The quantitative estimate of drug-likeness (QED) is 0.486. The minimum absolute atomic E-state index is 0.889. The normalized spacial score (nSPS) is 15.5. The molecule has 0 saturated heterocycles. The summed E-state index contributed by atoms with van der Waals surface area (Å²) in [6.07, 6.45) is 11.0. The third-order valence-electron chi connectivity index (χ3n) is 4.80. The maximum atomic E-state index is 3.85. The van der Waals surface area contributed by atoms with E-state index >= 15 is 0 Å². The number of aryl methyl sites for hydroxylation is 2. The van der Waals surface area contributed by atoms with Crippen LogP contribution in [0.1, 0.15) is 24.0 Å². The van der Waals surface area contributed by atoms with Gasteiger partial charge >= 0.3 is 0 Å². The van der Waals surface area contributed by atoms with Gasteiger partial charge in [0, 0.05) is 6.21 Å².